The molecule has 0 aliphatic rings. The zero-order valence-corrected chi connectivity index (χ0v) is 39.6. The van der Waals surface area contributed by atoms with Gasteiger partial charge in [-0.05, 0) is 92.8 Å². The van der Waals surface area contributed by atoms with Gasteiger partial charge in [-0.2, -0.15) is 0 Å². The van der Waals surface area contributed by atoms with Gasteiger partial charge in [0, 0.05) is 38.5 Å². The third kappa shape index (κ3) is 8.60. The number of pyridine rings is 1. The van der Waals surface area contributed by atoms with Gasteiger partial charge in [0.15, 0.2) is 0 Å². The Morgan fingerprint density at radius 3 is 2.10 bits per heavy atom. The van der Waals surface area contributed by atoms with Gasteiger partial charge in [-0.15, -0.1) is 29.3 Å². The predicted octanol–water partition coefficient (Wildman–Crippen LogP) is 15.5. The zero-order chi connectivity index (χ0) is 47.6. The molecule has 0 aliphatic carbocycles. The first-order chi connectivity index (χ1) is 31.2. The van der Waals surface area contributed by atoms with Gasteiger partial charge in [0.05, 0.1) is 29.1 Å². The molecule has 2 heterocycles. The molecule has 0 spiro atoms. The molecular formula is C57H58N3OPt-. The van der Waals surface area contributed by atoms with Crippen molar-refractivity contribution >= 4 is 11.0 Å². The quantitative estimate of drug-likeness (QED) is 0.139. The number of aromatic hydroxyl groups is 1. The van der Waals surface area contributed by atoms with E-state index in [1.807, 2.05) is 6.07 Å². The molecule has 0 unspecified atom stereocenters. The van der Waals surface area contributed by atoms with Crippen molar-refractivity contribution in [2.24, 2.45) is 0 Å². The molecule has 2 aromatic heterocycles. The van der Waals surface area contributed by atoms with Gasteiger partial charge < -0.3 is 5.11 Å². The second-order valence-corrected chi connectivity index (χ2v) is 18.5. The summed E-state index contributed by atoms with van der Waals surface area (Å²) in [6.07, 6.45) is 2.58. The second kappa shape index (κ2) is 17.7. The number of imidazole rings is 1. The number of benzene rings is 6. The van der Waals surface area contributed by atoms with Crippen molar-refractivity contribution in [3.05, 3.63) is 168 Å². The molecule has 0 aliphatic heterocycles. The number of rotatable bonds is 10. The maximum absolute atomic E-state index is 12.3. The Kier molecular flexibility index (Phi) is 10.9. The van der Waals surface area contributed by atoms with E-state index < -0.39 is 6.04 Å². The van der Waals surface area contributed by atoms with Crippen LogP contribution in [0.15, 0.2) is 140 Å². The van der Waals surface area contributed by atoms with Crippen molar-refractivity contribution in [2.75, 3.05) is 0 Å². The number of phenols is 1. The monoisotopic (exact) mass is 1000 g/mol. The first kappa shape index (κ1) is 38.1. The normalized spacial score (nSPS) is 13.1. The fraction of sp³-hybridized carbons (Fsp3) is 0.263. The van der Waals surface area contributed by atoms with Crippen molar-refractivity contribution in [2.45, 2.75) is 98.3 Å². The molecule has 0 saturated carbocycles. The number of para-hydroxylation sites is 1. The van der Waals surface area contributed by atoms with E-state index in [0.717, 1.165) is 62.1 Å². The molecule has 5 heteroatoms. The van der Waals surface area contributed by atoms with Gasteiger partial charge in [0.1, 0.15) is 11.6 Å². The summed E-state index contributed by atoms with van der Waals surface area (Å²) in [5.74, 6) is 1.10. The van der Waals surface area contributed by atoms with Gasteiger partial charge in [-0.1, -0.05) is 171 Å². The maximum Gasteiger partial charge on any atom is 0.148 e. The van der Waals surface area contributed by atoms with Crippen LogP contribution in [-0.4, -0.2) is 19.6 Å². The van der Waals surface area contributed by atoms with E-state index in [0.29, 0.717) is 28.2 Å². The number of hydrogen-bond donors (Lipinski definition) is 1. The van der Waals surface area contributed by atoms with Crippen molar-refractivity contribution in [1.82, 2.24) is 14.5 Å². The summed E-state index contributed by atoms with van der Waals surface area (Å²) in [4.78, 5) is 10.4. The SMILES string of the molecule is [2H]c1c([2H])c([2H])c(-c2ccnc(-c3[c-]c(-c4cccc5c4nc(-c4cc(C(C)C)cc(C(C)C)c4O)n5-c4ccc(C(C)(C)CC)cc4-c4ccccc4)cc(C(C)(C)C)c3)c2)c([2H])c1[2H].[Pt]. The van der Waals surface area contributed by atoms with Crippen LogP contribution >= 0.6 is 0 Å². The molecule has 0 fully saturated rings. The molecule has 0 bridgehead atoms. The first-order valence-corrected chi connectivity index (χ1v) is 21.4. The predicted molar refractivity (Wildman–Crippen MR) is 257 cm³/mol. The van der Waals surface area contributed by atoms with Crippen LogP contribution in [0, 0.1) is 6.07 Å². The number of phenolic OH excluding ortho intramolecular Hbond substituents is 1. The molecule has 0 amide bonds. The molecular weight excluding hydrogens is 938 g/mol. The van der Waals surface area contributed by atoms with Crippen LogP contribution in [0.2, 0.25) is 0 Å². The van der Waals surface area contributed by atoms with Crippen LogP contribution in [0.1, 0.15) is 117 Å². The fourth-order valence-corrected chi connectivity index (χ4v) is 7.98. The molecule has 0 saturated heterocycles. The number of nitrogens with zero attached hydrogens (tertiary/aromatic N) is 3. The largest absolute Gasteiger partial charge is 0.507 e. The van der Waals surface area contributed by atoms with Crippen LogP contribution in [0.4, 0.5) is 0 Å². The van der Waals surface area contributed by atoms with E-state index in [2.05, 4.69) is 165 Å². The van der Waals surface area contributed by atoms with E-state index in [9.17, 15) is 5.11 Å². The Bertz CT molecular complexity index is 3140. The molecule has 8 rings (SSSR count). The number of aromatic nitrogens is 3. The van der Waals surface area contributed by atoms with Crippen LogP contribution in [0.3, 0.4) is 0 Å². The smallest absolute Gasteiger partial charge is 0.148 e. The van der Waals surface area contributed by atoms with Gasteiger partial charge in [-0.25, -0.2) is 4.98 Å². The third-order valence-corrected chi connectivity index (χ3v) is 12.2. The minimum absolute atomic E-state index is 0. The van der Waals surface area contributed by atoms with Crippen molar-refractivity contribution in [1.29, 1.82) is 0 Å². The van der Waals surface area contributed by atoms with Gasteiger partial charge in [0.25, 0.3) is 0 Å². The summed E-state index contributed by atoms with van der Waals surface area (Å²) in [6, 6.07) is 37.3. The van der Waals surface area contributed by atoms with E-state index >= 15 is 0 Å². The Hall–Kier alpha value is -5.57. The van der Waals surface area contributed by atoms with Gasteiger partial charge >= 0.3 is 0 Å². The molecule has 0 atom stereocenters. The first-order valence-electron chi connectivity index (χ1n) is 23.9. The Labute approximate surface area is 390 Å². The van der Waals surface area contributed by atoms with Crippen molar-refractivity contribution in [3.8, 4) is 67.5 Å². The summed E-state index contributed by atoms with van der Waals surface area (Å²) >= 11 is 0. The Balaban J connectivity index is 0.00000666. The summed E-state index contributed by atoms with van der Waals surface area (Å²) in [7, 11) is 0. The molecule has 0 radical (unpaired) electrons. The number of fused-ring (bicyclic) bond motifs is 1. The minimum Gasteiger partial charge on any atom is -0.507 e. The summed E-state index contributed by atoms with van der Waals surface area (Å²) in [6.45, 7) is 21.8. The Morgan fingerprint density at radius 2 is 1.42 bits per heavy atom. The van der Waals surface area contributed by atoms with E-state index in [1.165, 1.54) is 5.56 Å². The van der Waals surface area contributed by atoms with Crippen LogP contribution in [-0.2, 0) is 31.9 Å². The fourth-order valence-electron chi connectivity index (χ4n) is 7.98. The summed E-state index contributed by atoms with van der Waals surface area (Å²) < 4.78 is 44.4. The molecule has 1 N–H and O–H groups in total. The Morgan fingerprint density at radius 1 is 0.694 bits per heavy atom. The van der Waals surface area contributed by atoms with E-state index in [4.69, 9.17) is 16.8 Å². The molecule has 4 nitrogen and oxygen atoms in total. The summed E-state index contributed by atoms with van der Waals surface area (Å²) in [5.41, 5.74) is 12.6. The topological polar surface area (TPSA) is 50.9 Å². The summed E-state index contributed by atoms with van der Waals surface area (Å²) in [5, 5.41) is 12.3. The average molecular weight is 1000 g/mol. The molecule has 62 heavy (non-hydrogen) atoms. The van der Waals surface area contributed by atoms with E-state index in [1.54, 1.807) is 18.3 Å². The average Bonchev–Trinajstić information content (AvgIpc) is 3.69. The molecule has 8 aromatic rings. The van der Waals surface area contributed by atoms with E-state index in [-0.39, 0.29) is 79.2 Å². The molecule has 6 aromatic carbocycles. The van der Waals surface area contributed by atoms with Crippen LogP contribution in [0.5, 0.6) is 5.75 Å². The van der Waals surface area contributed by atoms with Crippen LogP contribution < -0.4 is 0 Å². The van der Waals surface area contributed by atoms with Crippen molar-refractivity contribution in [3.63, 3.8) is 0 Å². The minimum atomic E-state index is -0.435. The van der Waals surface area contributed by atoms with Gasteiger partial charge in [0.2, 0.25) is 0 Å². The second-order valence-electron chi connectivity index (χ2n) is 18.5. The van der Waals surface area contributed by atoms with Crippen LogP contribution in [0.25, 0.3) is 72.7 Å². The number of hydrogen-bond acceptors (Lipinski definition) is 3. The maximum atomic E-state index is 12.3. The third-order valence-electron chi connectivity index (χ3n) is 12.2. The standard InChI is InChI=1S/C57H58N3O.Pt/c1-11-57(9,10)44-25-26-51(48(35-44)39-21-16-13-17-22-39)60-52-24-18-23-46(53(52)59-55(60)49-33-41(36(2)3)32-47(37(4)5)54(49)61)42-29-43(31-45(30-42)56(6,7)8)50-34-40(27-28-58-50)38-19-14-12-15-20-38;/h12-28,30-37,61H,11H2,1-10H3;/q-1;/i12D,14D,15D,19D,20D;. The van der Waals surface area contributed by atoms with Crippen molar-refractivity contribution < 1.29 is 33.0 Å². The molecule has 318 valence electrons. The van der Waals surface area contributed by atoms with Gasteiger partial charge in [-0.3, -0.25) is 9.55 Å². The zero-order valence-electron chi connectivity index (χ0n) is 42.4.